The number of aromatic nitrogens is 2. The first-order chi connectivity index (χ1) is 16.4. The molecule has 2 aromatic rings. The molecule has 0 saturated carbocycles. The number of amides is 2. The first-order valence-corrected chi connectivity index (χ1v) is 11.7. The molecule has 2 amide bonds. The summed E-state index contributed by atoms with van der Waals surface area (Å²) in [5.41, 5.74) is 1.07. The second kappa shape index (κ2) is 10.3. The summed E-state index contributed by atoms with van der Waals surface area (Å²) in [6.45, 7) is 6.16. The Balaban J connectivity index is 1.49. The van der Waals surface area contributed by atoms with Crippen LogP contribution in [0.3, 0.4) is 0 Å². The van der Waals surface area contributed by atoms with E-state index in [1.165, 1.54) is 6.33 Å². The van der Waals surface area contributed by atoms with Crippen LogP contribution in [0.1, 0.15) is 37.0 Å². The number of likely N-dealkylation sites (tertiary alicyclic amines) is 1. The number of rotatable bonds is 5. The summed E-state index contributed by atoms with van der Waals surface area (Å²) >= 11 is 6.41. The molecular formula is C23H29ClN6O4. The van der Waals surface area contributed by atoms with Gasteiger partial charge in [0.2, 0.25) is 5.75 Å². The Morgan fingerprint density at radius 3 is 2.65 bits per heavy atom. The summed E-state index contributed by atoms with van der Waals surface area (Å²) in [6, 6.07) is 5.24. The van der Waals surface area contributed by atoms with E-state index in [0.29, 0.717) is 59.9 Å². The monoisotopic (exact) mass is 488 g/mol. The fraction of sp³-hybridized carbons (Fsp3) is 0.478. The van der Waals surface area contributed by atoms with Gasteiger partial charge in [-0.3, -0.25) is 4.79 Å². The number of fused-ring (bicyclic) bond motifs is 1. The van der Waals surface area contributed by atoms with Gasteiger partial charge >= 0.3 is 6.09 Å². The summed E-state index contributed by atoms with van der Waals surface area (Å²) in [4.78, 5) is 36.9. The maximum atomic E-state index is 12.2. The lowest BCUT2D eigenvalue weighted by Crippen LogP contribution is -2.49. The second-order valence-corrected chi connectivity index (χ2v) is 8.87. The van der Waals surface area contributed by atoms with E-state index < -0.39 is 0 Å². The number of halogens is 1. The number of hydrogen-bond donors (Lipinski definition) is 2. The number of ether oxygens (including phenoxy) is 2. The minimum atomic E-state index is -0.260. The number of anilines is 3. The number of carbonyl (C=O) groups excluding carboxylic acids is 2. The van der Waals surface area contributed by atoms with Crippen molar-refractivity contribution in [3.63, 3.8) is 0 Å². The number of piperidine rings is 1. The van der Waals surface area contributed by atoms with Gasteiger partial charge < -0.3 is 29.9 Å². The van der Waals surface area contributed by atoms with Gasteiger partial charge in [0.15, 0.2) is 11.6 Å². The van der Waals surface area contributed by atoms with Gasteiger partial charge in [0, 0.05) is 31.7 Å². The number of nitrogens with zero attached hydrogens (tertiary/aromatic N) is 4. The van der Waals surface area contributed by atoms with E-state index in [4.69, 9.17) is 21.1 Å². The summed E-state index contributed by atoms with van der Waals surface area (Å²) in [6.07, 6.45) is 2.72. The molecule has 1 saturated heterocycles. The van der Waals surface area contributed by atoms with E-state index in [1.807, 2.05) is 13.8 Å². The van der Waals surface area contributed by atoms with Crippen LogP contribution in [-0.2, 0) is 4.74 Å². The molecule has 0 aliphatic carbocycles. The Morgan fingerprint density at radius 2 is 1.97 bits per heavy atom. The third kappa shape index (κ3) is 5.11. The van der Waals surface area contributed by atoms with Crippen LogP contribution in [-0.4, -0.2) is 72.3 Å². The molecule has 1 aromatic heterocycles. The highest BCUT2D eigenvalue weighted by molar-refractivity contribution is 6.33. The van der Waals surface area contributed by atoms with Gasteiger partial charge in [0.1, 0.15) is 12.9 Å². The predicted molar refractivity (Wildman–Crippen MR) is 129 cm³/mol. The van der Waals surface area contributed by atoms with Gasteiger partial charge in [-0.1, -0.05) is 11.6 Å². The molecule has 2 N–H and O–H groups in total. The number of benzene rings is 1. The molecule has 1 fully saturated rings. The average Bonchev–Trinajstić information content (AvgIpc) is 2.84. The van der Waals surface area contributed by atoms with Crippen LogP contribution in [0, 0.1) is 0 Å². The summed E-state index contributed by atoms with van der Waals surface area (Å²) in [5.74, 6) is 1.56. The van der Waals surface area contributed by atoms with Crippen LogP contribution in [0.15, 0.2) is 24.5 Å². The van der Waals surface area contributed by atoms with Crippen molar-refractivity contribution in [2.45, 2.75) is 38.8 Å². The SMILES string of the molecule is CNC(=O)c1ccc(Nc2ncnc3c2OCCN3C2CCN(C(=O)OC(C)C)CC2)c(Cl)c1. The second-order valence-electron chi connectivity index (χ2n) is 8.47. The summed E-state index contributed by atoms with van der Waals surface area (Å²) < 4.78 is 11.3. The third-order valence-corrected chi connectivity index (χ3v) is 6.16. The fourth-order valence-electron chi connectivity index (χ4n) is 4.16. The number of nitrogens with one attached hydrogen (secondary N) is 2. The number of carbonyl (C=O) groups is 2. The quantitative estimate of drug-likeness (QED) is 0.658. The van der Waals surface area contributed by atoms with Gasteiger partial charge in [-0.05, 0) is 44.9 Å². The van der Waals surface area contributed by atoms with E-state index in [0.717, 1.165) is 12.8 Å². The van der Waals surface area contributed by atoms with E-state index >= 15 is 0 Å². The lowest BCUT2D eigenvalue weighted by atomic mass is 10.0. The molecule has 0 radical (unpaired) electrons. The van der Waals surface area contributed by atoms with Crippen molar-refractivity contribution in [3.05, 3.63) is 35.1 Å². The average molecular weight is 489 g/mol. The summed E-state index contributed by atoms with van der Waals surface area (Å²) in [5, 5.41) is 6.18. The highest BCUT2D eigenvalue weighted by Gasteiger charge is 2.33. The van der Waals surface area contributed by atoms with Crippen LogP contribution >= 0.6 is 11.6 Å². The predicted octanol–water partition coefficient (Wildman–Crippen LogP) is 3.44. The van der Waals surface area contributed by atoms with Crippen molar-refractivity contribution in [2.75, 3.05) is 43.5 Å². The Bertz CT molecular complexity index is 1060. The van der Waals surface area contributed by atoms with Crippen LogP contribution in [0.25, 0.3) is 0 Å². The standard InChI is InChI=1S/C23H29ClN6O4/c1-14(2)34-23(32)29-8-6-16(7-9-29)30-10-11-33-19-20(26-13-27-21(19)30)28-18-5-4-15(12-17(18)24)22(31)25-3/h4-5,12-14,16H,6-11H2,1-3H3,(H,25,31)(H,26,27,28). The molecule has 11 heteroatoms. The van der Waals surface area contributed by atoms with E-state index in [-0.39, 0.29) is 24.1 Å². The smallest absolute Gasteiger partial charge is 0.410 e. The van der Waals surface area contributed by atoms with Crippen molar-refractivity contribution < 1.29 is 19.1 Å². The minimum absolute atomic E-state index is 0.132. The van der Waals surface area contributed by atoms with Gasteiger partial charge in [0.25, 0.3) is 5.91 Å². The largest absolute Gasteiger partial charge is 0.485 e. The molecule has 4 rings (SSSR count). The first-order valence-electron chi connectivity index (χ1n) is 11.4. The van der Waals surface area contributed by atoms with Gasteiger partial charge in [-0.25, -0.2) is 14.8 Å². The Kier molecular flexibility index (Phi) is 7.26. The van der Waals surface area contributed by atoms with Crippen molar-refractivity contribution in [2.24, 2.45) is 0 Å². The van der Waals surface area contributed by atoms with E-state index in [2.05, 4.69) is 25.5 Å². The maximum Gasteiger partial charge on any atom is 0.410 e. The van der Waals surface area contributed by atoms with Crippen LogP contribution in [0.4, 0.5) is 22.1 Å². The molecule has 0 bridgehead atoms. The van der Waals surface area contributed by atoms with Crippen LogP contribution in [0.5, 0.6) is 5.75 Å². The summed E-state index contributed by atoms with van der Waals surface area (Å²) in [7, 11) is 1.57. The van der Waals surface area contributed by atoms with Crippen molar-refractivity contribution in [1.29, 1.82) is 0 Å². The topological polar surface area (TPSA) is 109 Å². The number of hydrogen-bond acceptors (Lipinski definition) is 8. The fourth-order valence-corrected chi connectivity index (χ4v) is 4.39. The van der Waals surface area contributed by atoms with Crippen molar-refractivity contribution in [1.82, 2.24) is 20.2 Å². The van der Waals surface area contributed by atoms with E-state index in [1.54, 1.807) is 30.1 Å². The van der Waals surface area contributed by atoms with E-state index in [9.17, 15) is 9.59 Å². The van der Waals surface area contributed by atoms with Gasteiger partial charge in [-0.2, -0.15) is 0 Å². The lowest BCUT2D eigenvalue weighted by Gasteiger charge is -2.41. The molecule has 0 spiro atoms. The molecule has 10 nitrogen and oxygen atoms in total. The third-order valence-electron chi connectivity index (χ3n) is 5.85. The Morgan fingerprint density at radius 1 is 1.21 bits per heavy atom. The van der Waals surface area contributed by atoms with Crippen LogP contribution in [0.2, 0.25) is 5.02 Å². The lowest BCUT2D eigenvalue weighted by molar-refractivity contribution is 0.0687. The Labute approximate surface area is 203 Å². The zero-order valence-corrected chi connectivity index (χ0v) is 20.3. The molecule has 3 heterocycles. The first kappa shape index (κ1) is 23.9. The molecular weight excluding hydrogens is 460 g/mol. The molecule has 182 valence electrons. The Hall–Kier alpha value is -3.27. The molecule has 1 aromatic carbocycles. The highest BCUT2D eigenvalue weighted by atomic mass is 35.5. The maximum absolute atomic E-state index is 12.2. The van der Waals surface area contributed by atoms with Gasteiger partial charge in [0.05, 0.1) is 23.4 Å². The zero-order valence-electron chi connectivity index (χ0n) is 19.5. The van der Waals surface area contributed by atoms with Crippen LogP contribution < -0.4 is 20.3 Å². The molecule has 34 heavy (non-hydrogen) atoms. The normalized spacial score (nSPS) is 16.0. The molecule has 2 aliphatic rings. The zero-order chi connectivity index (χ0) is 24.2. The van der Waals surface area contributed by atoms with Crippen molar-refractivity contribution in [3.8, 4) is 5.75 Å². The molecule has 0 unspecified atom stereocenters. The minimum Gasteiger partial charge on any atom is -0.485 e. The van der Waals surface area contributed by atoms with Gasteiger partial charge in [-0.15, -0.1) is 0 Å². The molecule has 0 atom stereocenters. The van der Waals surface area contributed by atoms with Crippen molar-refractivity contribution >= 4 is 40.9 Å². The highest BCUT2D eigenvalue weighted by Crippen LogP contribution is 2.39. The molecule has 2 aliphatic heterocycles.